The van der Waals surface area contributed by atoms with Crippen molar-refractivity contribution in [2.75, 3.05) is 13.2 Å². The highest BCUT2D eigenvalue weighted by molar-refractivity contribution is 7.90. The number of hydrogen-bond donors (Lipinski definition) is 0. The predicted molar refractivity (Wildman–Crippen MR) is 116 cm³/mol. The quantitative estimate of drug-likeness (QED) is 0.500. The Kier molecular flexibility index (Phi) is 6.91. The Morgan fingerprint density at radius 1 is 1.03 bits per heavy atom. The Bertz CT molecular complexity index is 1290. The molecule has 0 fully saturated rings. The van der Waals surface area contributed by atoms with Crippen LogP contribution in [0.4, 0.5) is 0 Å². The minimum absolute atomic E-state index is 0.0467. The molecule has 0 aliphatic rings. The molecule has 10 heteroatoms. The number of sulfonamides is 1. The van der Waals surface area contributed by atoms with Crippen molar-refractivity contribution in [3.8, 4) is 0 Å². The molecule has 31 heavy (non-hydrogen) atoms. The number of aromatic nitrogens is 1. The van der Waals surface area contributed by atoms with Crippen molar-refractivity contribution in [3.63, 3.8) is 0 Å². The number of nitrogens with zero attached hydrogens (tertiary/aromatic N) is 2. The van der Waals surface area contributed by atoms with Crippen molar-refractivity contribution in [1.29, 1.82) is 0 Å². The summed E-state index contributed by atoms with van der Waals surface area (Å²) >= 11 is 1.06. The predicted octanol–water partition coefficient (Wildman–Crippen LogP) is 3.04. The maximum absolute atomic E-state index is 12.9. The first kappa shape index (κ1) is 22.7. The number of ether oxygens (including phenoxy) is 2. The van der Waals surface area contributed by atoms with Gasteiger partial charge in [-0.1, -0.05) is 29.0 Å². The summed E-state index contributed by atoms with van der Waals surface area (Å²) in [5, 5.41) is 0. The topological polar surface area (TPSA) is 104 Å². The molecule has 1 heterocycles. The van der Waals surface area contributed by atoms with Crippen LogP contribution in [-0.2, 0) is 30.8 Å². The van der Waals surface area contributed by atoms with E-state index >= 15 is 0 Å². The number of benzene rings is 2. The van der Waals surface area contributed by atoms with Crippen LogP contribution in [0.3, 0.4) is 0 Å². The summed E-state index contributed by atoms with van der Waals surface area (Å²) in [5.74, 6) is -1.01. The summed E-state index contributed by atoms with van der Waals surface area (Å²) < 4.78 is 41.8. The summed E-state index contributed by atoms with van der Waals surface area (Å²) in [4.78, 5) is 24.4. The van der Waals surface area contributed by atoms with Crippen LogP contribution in [0.5, 0.6) is 0 Å². The Morgan fingerprint density at radius 2 is 1.71 bits per heavy atom. The SMILES string of the molecule is CCOC(=O)Cn1c(=NS(=O)(=O)c2ccc(C)cc2)sc2cc(C(=O)OCC)ccc21. The van der Waals surface area contributed by atoms with Gasteiger partial charge < -0.3 is 14.0 Å². The first-order chi connectivity index (χ1) is 14.7. The van der Waals surface area contributed by atoms with E-state index in [0.717, 1.165) is 16.9 Å². The van der Waals surface area contributed by atoms with E-state index in [1.165, 1.54) is 16.7 Å². The normalized spacial score (nSPS) is 12.2. The van der Waals surface area contributed by atoms with Gasteiger partial charge in [-0.05, 0) is 51.1 Å². The van der Waals surface area contributed by atoms with Crippen LogP contribution < -0.4 is 4.80 Å². The Balaban J connectivity index is 2.17. The Labute approximate surface area is 183 Å². The zero-order chi connectivity index (χ0) is 22.6. The molecular formula is C21H22N2O6S2. The third-order valence-corrected chi connectivity index (χ3v) is 6.74. The molecule has 0 amide bonds. The van der Waals surface area contributed by atoms with Gasteiger partial charge in [0, 0.05) is 0 Å². The lowest BCUT2D eigenvalue weighted by molar-refractivity contribution is -0.143. The van der Waals surface area contributed by atoms with Crippen molar-refractivity contribution < 1.29 is 27.5 Å². The van der Waals surface area contributed by atoms with Gasteiger partial charge in [0.25, 0.3) is 10.0 Å². The van der Waals surface area contributed by atoms with E-state index in [4.69, 9.17) is 9.47 Å². The second-order valence-corrected chi connectivity index (χ2v) is 9.17. The molecule has 0 bridgehead atoms. The number of hydrogen-bond acceptors (Lipinski definition) is 7. The molecule has 1 aromatic heterocycles. The lowest BCUT2D eigenvalue weighted by Crippen LogP contribution is -2.23. The second-order valence-electron chi connectivity index (χ2n) is 6.56. The third-order valence-electron chi connectivity index (χ3n) is 4.30. The molecule has 0 aliphatic heterocycles. The molecular weight excluding hydrogens is 440 g/mol. The molecule has 0 saturated carbocycles. The molecule has 3 rings (SSSR count). The average Bonchev–Trinajstić information content (AvgIpc) is 3.04. The molecule has 8 nitrogen and oxygen atoms in total. The highest BCUT2D eigenvalue weighted by Crippen LogP contribution is 2.21. The van der Waals surface area contributed by atoms with Gasteiger partial charge in [-0.2, -0.15) is 8.42 Å². The number of thiazole rings is 1. The van der Waals surface area contributed by atoms with Gasteiger partial charge in [-0.25, -0.2) is 4.79 Å². The highest BCUT2D eigenvalue weighted by atomic mass is 32.2. The number of rotatable bonds is 7. The molecule has 0 aliphatic carbocycles. The van der Waals surface area contributed by atoms with E-state index in [0.29, 0.717) is 15.8 Å². The number of esters is 2. The molecule has 0 spiro atoms. The van der Waals surface area contributed by atoms with Gasteiger partial charge >= 0.3 is 11.9 Å². The van der Waals surface area contributed by atoms with Crippen molar-refractivity contribution in [1.82, 2.24) is 4.57 Å². The zero-order valence-corrected chi connectivity index (χ0v) is 19.0. The fourth-order valence-corrected chi connectivity index (χ4v) is 5.11. The van der Waals surface area contributed by atoms with Gasteiger partial charge in [-0.3, -0.25) is 4.79 Å². The summed E-state index contributed by atoms with van der Waals surface area (Å²) in [6, 6.07) is 11.1. The van der Waals surface area contributed by atoms with Crippen LogP contribution in [0, 0.1) is 6.92 Å². The van der Waals surface area contributed by atoms with E-state index in [1.807, 2.05) is 6.92 Å². The molecule has 0 unspecified atom stereocenters. The molecule has 2 aromatic carbocycles. The molecule has 0 radical (unpaired) electrons. The van der Waals surface area contributed by atoms with Crippen LogP contribution in [0.2, 0.25) is 0 Å². The largest absolute Gasteiger partial charge is 0.465 e. The first-order valence-corrected chi connectivity index (χ1v) is 11.8. The molecule has 0 N–H and O–H groups in total. The Morgan fingerprint density at radius 3 is 2.35 bits per heavy atom. The molecule has 0 atom stereocenters. The van der Waals surface area contributed by atoms with Crippen molar-refractivity contribution >= 4 is 43.5 Å². The summed E-state index contributed by atoms with van der Waals surface area (Å²) in [6.07, 6.45) is 0. The first-order valence-electron chi connectivity index (χ1n) is 9.59. The minimum Gasteiger partial charge on any atom is -0.465 e. The van der Waals surface area contributed by atoms with E-state index in [-0.39, 0.29) is 29.5 Å². The fraction of sp³-hybridized carbons (Fsp3) is 0.286. The number of carbonyl (C=O) groups excluding carboxylic acids is 2. The monoisotopic (exact) mass is 462 g/mol. The van der Waals surface area contributed by atoms with Gasteiger partial charge in [0.15, 0.2) is 0 Å². The smallest absolute Gasteiger partial charge is 0.338 e. The minimum atomic E-state index is -4.01. The maximum Gasteiger partial charge on any atom is 0.338 e. The standard InChI is InChI=1S/C21H22N2O6S2/c1-4-28-19(24)13-23-17-11-8-15(20(25)29-5-2)12-18(17)30-21(23)22-31(26,27)16-9-6-14(3)7-10-16/h6-12H,4-5,13H2,1-3H3. The fourth-order valence-electron chi connectivity index (χ4n) is 2.84. The van der Waals surface area contributed by atoms with Crippen molar-refractivity contribution in [3.05, 3.63) is 58.4 Å². The van der Waals surface area contributed by atoms with Crippen LogP contribution in [-0.4, -0.2) is 38.1 Å². The van der Waals surface area contributed by atoms with E-state index in [1.54, 1.807) is 44.2 Å². The van der Waals surface area contributed by atoms with Gasteiger partial charge in [0.2, 0.25) is 4.80 Å². The van der Waals surface area contributed by atoms with E-state index in [2.05, 4.69) is 4.40 Å². The average molecular weight is 463 g/mol. The van der Waals surface area contributed by atoms with Gasteiger partial charge in [0.05, 0.1) is 33.9 Å². The zero-order valence-electron chi connectivity index (χ0n) is 17.3. The lowest BCUT2D eigenvalue weighted by atomic mass is 10.2. The van der Waals surface area contributed by atoms with Crippen LogP contribution >= 0.6 is 11.3 Å². The molecule has 0 saturated heterocycles. The van der Waals surface area contributed by atoms with Crippen LogP contribution in [0.1, 0.15) is 29.8 Å². The summed E-state index contributed by atoms with van der Waals surface area (Å²) in [5.41, 5.74) is 1.81. The summed E-state index contributed by atoms with van der Waals surface area (Å²) in [6.45, 7) is 5.47. The van der Waals surface area contributed by atoms with E-state index < -0.39 is 22.0 Å². The van der Waals surface area contributed by atoms with Crippen molar-refractivity contribution in [2.45, 2.75) is 32.2 Å². The Hall–Kier alpha value is -2.98. The van der Waals surface area contributed by atoms with Crippen LogP contribution in [0.15, 0.2) is 51.8 Å². The van der Waals surface area contributed by atoms with Gasteiger partial charge in [0.1, 0.15) is 6.54 Å². The molecule has 164 valence electrons. The number of carbonyl (C=O) groups is 2. The lowest BCUT2D eigenvalue weighted by Gasteiger charge is -2.06. The molecule has 3 aromatic rings. The highest BCUT2D eigenvalue weighted by Gasteiger charge is 2.18. The van der Waals surface area contributed by atoms with Gasteiger partial charge in [-0.15, -0.1) is 4.40 Å². The van der Waals surface area contributed by atoms with E-state index in [9.17, 15) is 18.0 Å². The van der Waals surface area contributed by atoms with Crippen LogP contribution in [0.25, 0.3) is 10.2 Å². The maximum atomic E-state index is 12.9. The number of fused-ring (bicyclic) bond motifs is 1. The number of aryl methyl sites for hydroxylation is 1. The third kappa shape index (κ3) is 5.20. The second kappa shape index (κ2) is 9.44. The summed E-state index contributed by atoms with van der Waals surface area (Å²) in [7, 11) is -4.01. The van der Waals surface area contributed by atoms with Crippen molar-refractivity contribution in [2.24, 2.45) is 4.40 Å².